The van der Waals surface area contributed by atoms with E-state index in [2.05, 4.69) is 19.8 Å². The number of aromatic nitrogens is 1. The maximum atomic E-state index is 13.9. The summed E-state index contributed by atoms with van der Waals surface area (Å²) in [7, 11) is 0. The summed E-state index contributed by atoms with van der Waals surface area (Å²) >= 11 is 1.64. The van der Waals surface area contributed by atoms with Crippen molar-refractivity contribution in [1.82, 2.24) is 9.88 Å². The van der Waals surface area contributed by atoms with E-state index in [4.69, 9.17) is 10.5 Å². The number of piperazine rings is 1. The van der Waals surface area contributed by atoms with Crippen LogP contribution < -0.4 is 15.4 Å². The van der Waals surface area contributed by atoms with E-state index in [9.17, 15) is 4.39 Å². The molecule has 1 aliphatic heterocycles. The normalized spacial score (nSPS) is 15.5. The molecule has 1 aromatic carbocycles. The zero-order valence-electron chi connectivity index (χ0n) is 14.2. The summed E-state index contributed by atoms with van der Waals surface area (Å²) in [6.45, 7) is 5.94. The topological polar surface area (TPSA) is 67.0 Å². The molecule has 2 N–H and O–H groups in total. The molecule has 0 saturated carbocycles. The number of nitrogens with two attached hydrogens (primary N) is 1. The highest BCUT2D eigenvalue weighted by Crippen LogP contribution is 2.20. The quantitative estimate of drug-likeness (QED) is 0.652. The van der Waals surface area contributed by atoms with Gasteiger partial charge in [-0.2, -0.15) is 0 Å². The molecule has 25 heavy (non-hydrogen) atoms. The molecule has 0 aliphatic carbocycles. The molecule has 0 atom stereocenters. The Morgan fingerprint density at radius 2 is 2.16 bits per heavy atom. The van der Waals surface area contributed by atoms with Gasteiger partial charge in [0.2, 0.25) is 0 Å². The highest BCUT2D eigenvalue weighted by atomic mass is 32.1. The zero-order chi connectivity index (χ0) is 17.6. The number of aliphatic imine (C=N–C) groups is 1. The third-order valence-electron chi connectivity index (χ3n) is 4.01. The van der Waals surface area contributed by atoms with Gasteiger partial charge in [-0.15, -0.1) is 11.3 Å². The van der Waals surface area contributed by atoms with Crippen molar-refractivity contribution in [3.05, 3.63) is 41.2 Å². The maximum absolute atomic E-state index is 13.9. The Morgan fingerprint density at radius 1 is 1.36 bits per heavy atom. The Morgan fingerprint density at radius 3 is 2.80 bits per heavy atom. The smallest absolute Gasteiger partial charge is 0.191 e. The van der Waals surface area contributed by atoms with Crippen LogP contribution in [-0.2, 0) is 6.54 Å². The summed E-state index contributed by atoms with van der Waals surface area (Å²) < 4.78 is 19.1. The van der Waals surface area contributed by atoms with Gasteiger partial charge >= 0.3 is 0 Å². The van der Waals surface area contributed by atoms with Crippen LogP contribution in [0.1, 0.15) is 12.5 Å². The molecular formula is C17H22FN5OS. The number of halogens is 1. The molecule has 0 radical (unpaired) electrons. The van der Waals surface area contributed by atoms with Gasteiger partial charge in [-0.3, -0.25) is 0 Å². The molecule has 1 saturated heterocycles. The number of anilines is 1. The third-order valence-corrected chi connectivity index (χ3v) is 4.85. The lowest BCUT2D eigenvalue weighted by molar-refractivity contribution is 0.321. The molecule has 0 spiro atoms. The first-order valence-corrected chi connectivity index (χ1v) is 9.16. The van der Waals surface area contributed by atoms with Crippen LogP contribution in [0.4, 0.5) is 9.52 Å². The van der Waals surface area contributed by atoms with Gasteiger partial charge in [-0.05, 0) is 24.6 Å². The van der Waals surface area contributed by atoms with Gasteiger partial charge < -0.3 is 20.3 Å². The predicted molar refractivity (Wildman–Crippen MR) is 98.8 cm³/mol. The maximum Gasteiger partial charge on any atom is 0.191 e. The van der Waals surface area contributed by atoms with Crippen LogP contribution in [0.2, 0.25) is 0 Å². The first-order chi connectivity index (χ1) is 12.2. The fraction of sp³-hybridized carbons (Fsp3) is 0.412. The van der Waals surface area contributed by atoms with E-state index in [0.717, 1.165) is 36.9 Å². The Hall–Kier alpha value is -2.35. The summed E-state index contributed by atoms with van der Waals surface area (Å²) in [5.74, 6) is 0.389. The number of guanidine groups is 1. The van der Waals surface area contributed by atoms with E-state index in [-0.39, 0.29) is 11.6 Å². The number of ether oxygens (including phenoxy) is 1. The molecule has 1 aromatic heterocycles. The van der Waals surface area contributed by atoms with Crippen molar-refractivity contribution in [2.75, 3.05) is 37.7 Å². The van der Waals surface area contributed by atoms with Crippen molar-refractivity contribution in [1.29, 1.82) is 0 Å². The van der Waals surface area contributed by atoms with E-state index < -0.39 is 0 Å². The summed E-state index contributed by atoms with van der Waals surface area (Å²) in [5, 5.41) is 3.02. The van der Waals surface area contributed by atoms with Gasteiger partial charge in [0, 0.05) is 37.8 Å². The van der Waals surface area contributed by atoms with Gasteiger partial charge in [0.15, 0.2) is 22.7 Å². The first kappa shape index (κ1) is 17.5. The van der Waals surface area contributed by atoms with Crippen LogP contribution in [0, 0.1) is 5.82 Å². The number of nitrogens with zero attached hydrogens (tertiary/aromatic N) is 4. The summed E-state index contributed by atoms with van der Waals surface area (Å²) in [6, 6.07) is 4.89. The summed E-state index contributed by atoms with van der Waals surface area (Å²) in [4.78, 5) is 13.0. The van der Waals surface area contributed by atoms with Crippen molar-refractivity contribution in [3.63, 3.8) is 0 Å². The van der Waals surface area contributed by atoms with E-state index in [1.165, 1.54) is 6.07 Å². The van der Waals surface area contributed by atoms with Crippen LogP contribution in [0.3, 0.4) is 0 Å². The van der Waals surface area contributed by atoms with Crippen LogP contribution in [0.25, 0.3) is 0 Å². The van der Waals surface area contributed by atoms with Gasteiger partial charge in [-0.1, -0.05) is 6.07 Å². The molecule has 0 unspecified atom stereocenters. The largest absolute Gasteiger partial charge is 0.491 e. The van der Waals surface area contributed by atoms with Gasteiger partial charge in [0.05, 0.1) is 13.2 Å². The molecule has 134 valence electrons. The SMILES string of the molecule is CCOc1ccc(CN=C(N)N2CCN(c3nccs3)CC2)cc1F. The van der Waals surface area contributed by atoms with Crippen molar-refractivity contribution in [3.8, 4) is 5.75 Å². The van der Waals surface area contributed by atoms with E-state index >= 15 is 0 Å². The minimum absolute atomic E-state index is 0.265. The fourth-order valence-electron chi connectivity index (χ4n) is 2.69. The second-order valence-electron chi connectivity index (χ2n) is 5.66. The van der Waals surface area contributed by atoms with Crippen molar-refractivity contribution in [2.45, 2.75) is 13.5 Å². The van der Waals surface area contributed by atoms with E-state index in [1.54, 1.807) is 17.4 Å². The van der Waals surface area contributed by atoms with Crippen LogP contribution in [-0.4, -0.2) is 48.6 Å². The Balaban J connectivity index is 1.55. The standard InChI is InChI=1S/C17H22FN5OS/c1-2-24-15-4-3-13(11-14(15)18)12-21-16(19)22-6-8-23(9-7-22)17-20-5-10-25-17/h3-5,10-11H,2,6-9,12H2,1H3,(H2,19,21). The molecular weight excluding hydrogens is 341 g/mol. The number of hydrogen-bond acceptors (Lipinski definition) is 5. The Labute approximate surface area is 150 Å². The van der Waals surface area contributed by atoms with Gasteiger partial charge in [0.1, 0.15) is 0 Å². The molecule has 6 nitrogen and oxygen atoms in total. The number of thiazole rings is 1. The number of hydrogen-bond donors (Lipinski definition) is 1. The average Bonchev–Trinajstić information content (AvgIpc) is 3.17. The molecule has 0 amide bonds. The minimum Gasteiger partial charge on any atom is -0.491 e. The molecule has 2 heterocycles. The van der Waals surface area contributed by atoms with Crippen LogP contribution in [0.5, 0.6) is 5.75 Å². The lowest BCUT2D eigenvalue weighted by atomic mass is 10.2. The monoisotopic (exact) mass is 363 g/mol. The minimum atomic E-state index is -0.370. The number of benzene rings is 1. The number of rotatable bonds is 5. The molecule has 0 bridgehead atoms. The summed E-state index contributed by atoms with van der Waals surface area (Å²) in [6.07, 6.45) is 1.82. The Bertz CT molecular complexity index is 714. The third kappa shape index (κ3) is 4.39. The predicted octanol–water partition coefficient (Wildman–Crippen LogP) is 2.32. The molecule has 1 fully saturated rings. The first-order valence-electron chi connectivity index (χ1n) is 8.28. The van der Waals surface area contributed by atoms with E-state index in [1.807, 2.05) is 24.6 Å². The van der Waals surface area contributed by atoms with Crippen molar-refractivity contribution in [2.24, 2.45) is 10.7 Å². The molecule has 2 aromatic rings. The highest BCUT2D eigenvalue weighted by molar-refractivity contribution is 7.13. The lowest BCUT2D eigenvalue weighted by Gasteiger charge is -2.35. The fourth-order valence-corrected chi connectivity index (χ4v) is 3.38. The second-order valence-corrected chi connectivity index (χ2v) is 6.53. The van der Waals surface area contributed by atoms with Gasteiger partial charge in [0.25, 0.3) is 0 Å². The molecule has 1 aliphatic rings. The lowest BCUT2D eigenvalue weighted by Crippen LogP contribution is -2.51. The zero-order valence-corrected chi connectivity index (χ0v) is 15.0. The van der Waals surface area contributed by atoms with Gasteiger partial charge in [-0.25, -0.2) is 14.4 Å². The van der Waals surface area contributed by atoms with Crippen LogP contribution >= 0.6 is 11.3 Å². The molecule has 3 rings (SSSR count). The van der Waals surface area contributed by atoms with Crippen molar-refractivity contribution < 1.29 is 9.13 Å². The average molecular weight is 363 g/mol. The highest BCUT2D eigenvalue weighted by Gasteiger charge is 2.19. The molecule has 8 heteroatoms. The summed E-state index contributed by atoms with van der Waals surface area (Å²) in [5.41, 5.74) is 6.87. The van der Waals surface area contributed by atoms with Crippen molar-refractivity contribution >= 4 is 22.4 Å². The Kier molecular flexibility index (Phi) is 5.70. The van der Waals surface area contributed by atoms with E-state index in [0.29, 0.717) is 19.1 Å². The second kappa shape index (κ2) is 8.15. The van der Waals surface area contributed by atoms with Crippen LogP contribution in [0.15, 0.2) is 34.8 Å².